The Morgan fingerprint density at radius 3 is 2.47 bits per heavy atom. The molecule has 0 bridgehead atoms. The van der Waals surface area contributed by atoms with Crippen LogP contribution in [0.2, 0.25) is 0 Å². The molecule has 1 aromatic heterocycles. The van der Waals surface area contributed by atoms with Gasteiger partial charge in [-0.3, -0.25) is 9.69 Å². The summed E-state index contributed by atoms with van der Waals surface area (Å²) >= 11 is 0. The van der Waals surface area contributed by atoms with Gasteiger partial charge in [-0.2, -0.15) is 0 Å². The van der Waals surface area contributed by atoms with E-state index in [1.807, 2.05) is 18.2 Å². The maximum atomic E-state index is 12.7. The number of anilines is 2. The normalized spacial score (nSPS) is 18.0. The van der Waals surface area contributed by atoms with Gasteiger partial charge in [0.15, 0.2) is 0 Å². The topological polar surface area (TPSA) is 63.7 Å². The van der Waals surface area contributed by atoms with Crippen molar-refractivity contribution >= 4 is 28.3 Å². The maximum absolute atomic E-state index is 12.7. The number of pyridine rings is 1. The number of fused-ring (bicyclic) bond motifs is 1. The van der Waals surface area contributed by atoms with Crippen molar-refractivity contribution < 1.29 is 4.79 Å². The molecule has 2 N–H and O–H groups in total. The predicted octanol–water partition coefficient (Wildman–Crippen LogP) is 3.49. The van der Waals surface area contributed by atoms with Crippen molar-refractivity contribution in [1.82, 2.24) is 20.1 Å². The van der Waals surface area contributed by atoms with Crippen LogP contribution in [0.3, 0.4) is 0 Å². The summed E-state index contributed by atoms with van der Waals surface area (Å²) in [6, 6.07) is 19.2. The number of aromatic nitrogens is 1. The second-order valence-corrected chi connectivity index (χ2v) is 10.3. The summed E-state index contributed by atoms with van der Waals surface area (Å²) < 4.78 is 0. The first-order valence-electron chi connectivity index (χ1n) is 13.2. The number of aryl methyl sites for hydroxylation is 1. The Labute approximate surface area is 214 Å². The number of carbonyl (C=O) groups is 1. The molecule has 1 amide bonds. The van der Waals surface area contributed by atoms with Crippen LogP contribution >= 0.6 is 0 Å². The highest BCUT2D eigenvalue weighted by Crippen LogP contribution is 2.26. The Morgan fingerprint density at radius 2 is 1.72 bits per heavy atom. The average Bonchev–Trinajstić information content (AvgIpc) is 2.89. The van der Waals surface area contributed by atoms with E-state index in [-0.39, 0.29) is 5.91 Å². The van der Waals surface area contributed by atoms with Gasteiger partial charge in [0.2, 0.25) is 5.91 Å². The van der Waals surface area contributed by atoms with Crippen LogP contribution in [-0.2, 0) is 11.3 Å². The maximum Gasteiger partial charge on any atom is 0.238 e. The third kappa shape index (κ3) is 6.22. The summed E-state index contributed by atoms with van der Waals surface area (Å²) in [5.74, 6) is 1.05. The van der Waals surface area contributed by atoms with E-state index in [0.29, 0.717) is 12.6 Å². The van der Waals surface area contributed by atoms with Crippen LogP contribution in [0.5, 0.6) is 0 Å². The molecule has 2 aromatic carbocycles. The molecule has 3 aromatic rings. The van der Waals surface area contributed by atoms with Crippen LogP contribution in [0, 0.1) is 6.92 Å². The number of rotatable bonds is 7. The van der Waals surface area contributed by atoms with Crippen LogP contribution in [0.25, 0.3) is 10.9 Å². The molecule has 5 rings (SSSR count). The molecule has 2 aliphatic heterocycles. The van der Waals surface area contributed by atoms with Gasteiger partial charge in [-0.25, -0.2) is 4.98 Å². The van der Waals surface area contributed by atoms with Gasteiger partial charge in [0.1, 0.15) is 5.82 Å². The molecule has 0 aliphatic carbocycles. The molecule has 2 saturated heterocycles. The number of piperazine rings is 1. The minimum Gasteiger partial charge on any atom is -0.354 e. The van der Waals surface area contributed by atoms with Crippen molar-refractivity contribution in [2.75, 3.05) is 63.1 Å². The van der Waals surface area contributed by atoms with E-state index in [1.54, 1.807) is 0 Å². The largest absolute Gasteiger partial charge is 0.354 e. The molecular formula is C29H38N6O. The van der Waals surface area contributed by atoms with Crippen LogP contribution in [0.4, 0.5) is 11.5 Å². The molecule has 7 nitrogen and oxygen atoms in total. The van der Waals surface area contributed by atoms with Gasteiger partial charge in [0.25, 0.3) is 0 Å². The lowest BCUT2D eigenvalue weighted by Gasteiger charge is -2.33. The summed E-state index contributed by atoms with van der Waals surface area (Å²) in [4.78, 5) is 24.8. The van der Waals surface area contributed by atoms with Gasteiger partial charge in [-0.05, 0) is 75.3 Å². The molecular weight excluding hydrogens is 448 g/mol. The van der Waals surface area contributed by atoms with Crippen LogP contribution in [0.1, 0.15) is 24.0 Å². The number of likely N-dealkylation sites (tertiary alicyclic amines) is 1. The molecule has 0 radical (unpaired) electrons. The summed E-state index contributed by atoms with van der Waals surface area (Å²) in [6.07, 6.45) is 2.13. The molecule has 7 heteroatoms. The average molecular weight is 487 g/mol. The van der Waals surface area contributed by atoms with Crippen molar-refractivity contribution in [3.8, 4) is 0 Å². The Morgan fingerprint density at radius 1 is 0.972 bits per heavy atom. The van der Waals surface area contributed by atoms with Crippen molar-refractivity contribution in [3.05, 3.63) is 65.7 Å². The third-order valence-electron chi connectivity index (χ3n) is 7.50. The number of hydrogen-bond donors (Lipinski definition) is 2. The number of likely N-dealkylation sites (N-methyl/N-ethyl adjacent to an activating group) is 1. The number of carbonyl (C=O) groups excluding carboxylic acids is 1. The van der Waals surface area contributed by atoms with E-state index in [4.69, 9.17) is 4.98 Å². The Bertz CT molecular complexity index is 1170. The van der Waals surface area contributed by atoms with Crippen LogP contribution in [-0.4, -0.2) is 79.6 Å². The van der Waals surface area contributed by atoms with E-state index < -0.39 is 0 Å². The van der Waals surface area contributed by atoms with E-state index in [1.165, 1.54) is 11.1 Å². The van der Waals surface area contributed by atoms with Crippen molar-refractivity contribution in [3.63, 3.8) is 0 Å². The number of amides is 1. The van der Waals surface area contributed by atoms with Gasteiger partial charge in [-0.15, -0.1) is 0 Å². The highest BCUT2D eigenvalue weighted by molar-refractivity contribution is 5.95. The third-order valence-corrected chi connectivity index (χ3v) is 7.50. The Kier molecular flexibility index (Phi) is 7.80. The number of nitrogens with zero attached hydrogens (tertiary/aromatic N) is 4. The van der Waals surface area contributed by atoms with Gasteiger partial charge in [-0.1, -0.05) is 30.3 Å². The van der Waals surface area contributed by atoms with Crippen LogP contribution < -0.4 is 15.5 Å². The summed E-state index contributed by atoms with van der Waals surface area (Å²) in [5.41, 5.74) is 4.34. The van der Waals surface area contributed by atoms with Gasteiger partial charge in [0, 0.05) is 49.8 Å². The lowest BCUT2D eigenvalue weighted by molar-refractivity contribution is -0.115. The fourth-order valence-corrected chi connectivity index (χ4v) is 5.23. The molecule has 36 heavy (non-hydrogen) atoms. The minimum atomic E-state index is 0.000680. The van der Waals surface area contributed by atoms with Gasteiger partial charge >= 0.3 is 0 Å². The van der Waals surface area contributed by atoms with E-state index in [2.05, 4.69) is 75.7 Å². The predicted molar refractivity (Wildman–Crippen MR) is 148 cm³/mol. The summed E-state index contributed by atoms with van der Waals surface area (Å²) in [6.45, 7) is 9.70. The zero-order chi connectivity index (χ0) is 24.9. The van der Waals surface area contributed by atoms with E-state index in [9.17, 15) is 4.79 Å². The Hall–Kier alpha value is -3.00. The number of benzene rings is 2. The molecule has 2 fully saturated rings. The SMILES string of the molecule is Cc1cc(N2CCN(C)CC2)nc2ccc(NC(=O)CNC3CCN(Cc4ccccc4)CC3)cc12. The quantitative estimate of drug-likeness (QED) is 0.533. The Balaban J connectivity index is 1.11. The fourth-order valence-electron chi connectivity index (χ4n) is 5.23. The highest BCUT2D eigenvalue weighted by atomic mass is 16.1. The smallest absolute Gasteiger partial charge is 0.238 e. The second kappa shape index (κ2) is 11.4. The summed E-state index contributed by atoms with van der Waals surface area (Å²) in [5, 5.41) is 7.62. The first-order chi connectivity index (χ1) is 17.5. The van der Waals surface area contributed by atoms with E-state index in [0.717, 1.165) is 81.1 Å². The zero-order valence-electron chi connectivity index (χ0n) is 21.5. The molecule has 0 spiro atoms. The molecule has 2 aliphatic rings. The lowest BCUT2D eigenvalue weighted by Crippen LogP contribution is -2.44. The monoisotopic (exact) mass is 486 g/mol. The highest BCUT2D eigenvalue weighted by Gasteiger charge is 2.20. The van der Waals surface area contributed by atoms with E-state index >= 15 is 0 Å². The number of hydrogen-bond acceptors (Lipinski definition) is 6. The molecule has 3 heterocycles. The molecule has 0 unspecified atom stereocenters. The van der Waals surface area contributed by atoms with Crippen molar-refractivity contribution in [1.29, 1.82) is 0 Å². The van der Waals surface area contributed by atoms with Gasteiger partial charge in [0.05, 0.1) is 12.1 Å². The van der Waals surface area contributed by atoms with Gasteiger partial charge < -0.3 is 20.4 Å². The number of nitrogens with one attached hydrogen (secondary N) is 2. The fraction of sp³-hybridized carbons (Fsp3) is 0.448. The van der Waals surface area contributed by atoms with Crippen LogP contribution in [0.15, 0.2) is 54.6 Å². The first-order valence-corrected chi connectivity index (χ1v) is 13.2. The molecule has 190 valence electrons. The number of piperidine rings is 1. The van der Waals surface area contributed by atoms with Crippen molar-refractivity contribution in [2.24, 2.45) is 0 Å². The van der Waals surface area contributed by atoms with Crippen molar-refractivity contribution in [2.45, 2.75) is 32.4 Å². The minimum absolute atomic E-state index is 0.000680. The first kappa shape index (κ1) is 24.7. The zero-order valence-corrected chi connectivity index (χ0v) is 21.5. The standard InChI is InChI=1S/C29H38N6O/c1-22-18-28(35-16-14-33(2)15-17-35)32-27-9-8-25(19-26(22)27)31-29(36)20-30-24-10-12-34(13-11-24)21-23-6-4-3-5-7-23/h3-9,18-19,24,30H,10-17,20-21H2,1-2H3,(H,31,36). The second-order valence-electron chi connectivity index (χ2n) is 10.3. The molecule has 0 saturated carbocycles. The summed E-state index contributed by atoms with van der Waals surface area (Å²) in [7, 11) is 2.16. The molecule has 0 atom stereocenters. The lowest BCUT2D eigenvalue weighted by atomic mass is 10.0.